The molecule has 0 unspecified atom stereocenters. The van der Waals surface area contributed by atoms with E-state index in [9.17, 15) is 9.18 Å². The van der Waals surface area contributed by atoms with Crippen molar-refractivity contribution in [3.05, 3.63) is 72.6 Å². The lowest BCUT2D eigenvalue weighted by molar-refractivity contribution is -0.227. The van der Waals surface area contributed by atoms with Crippen LogP contribution in [0.15, 0.2) is 61.2 Å². The molecule has 0 radical (unpaired) electrons. The van der Waals surface area contributed by atoms with Crippen LogP contribution in [0.1, 0.15) is 18.8 Å². The van der Waals surface area contributed by atoms with Crippen molar-refractivity contribution in [2.75, 3.05) is 25.1 Å². The van der Waals surface area contributed by atoms with Gasteiger partial charge in [0.1, 0.15) is 18.2 Å². The maximum Gasteiger partial charge on any atom is 0.234 e. The Kier molecular flexibility index (Phi) is 5.88. The van der Waals surface area contributed by atoms with Crippen LogP contribution < -0.4 is 10.1 Å². The van der Waals surface area contributed by atoms with Gasteiger partial charge >= 0.3 is 0 Å². The van der Waals surface area contributed by atoms with Gasteiger partial charge in [-0.25, -0.2) is 4.39 Å². The summed E-state index contributed by atoms with van der Waals surface area (Å²) >= 11 is 0. The van der Waals surface area contributed by atoms with E-state index in [2.05, 4.69) is 11.9 Å². The van der Waals surface area contributed by atoms with Crippen LogP contribution in [0.3, 0.4) is 0 Å². The van der Waals surface area contributed by atoms with Crippen LogP contribution in [0.2, 0.25) is 0 Å². The van der Waals surface area contributed by atoms with Gasteiger partial charge in [-0.15, -0.1) is 0 Å². The SMILES string of the molecule is C=CCOc1ccc(NC(=O)C2(C)COC(c3ccccc3F)OC2)cc1. The zero-order valence-electron chi connectivity index (χ0n) is 15.1. The standard InChI is InChI=1S/C21H22FNO4/c1-3-12-25-16-10-8-15(9-11-16)23-20(24)21(2)13-26-19(27-14-21)17-6-4-5-7-18(17)22/h3-11,19H,1,12-14H2,2H3,(H,23,24). The van der Waals surface area contributed by atoms with Crippen LogP contribution in [0, 0.1) is 11.2 Å². The molecule has 0 bridgehead atoms. The smallest absolute Gasteiger partial charge is 0.234 e. The summed E-state index contributed by atoms with van der Waals surface area (Å²) in [4.78, 5) is 12.7. The molecule has 1 aliphatic rings. The molecule has 0 spiro atoms. The molecule has 2 aromatic carbocycles. The molecule has 3 rings (SSSR count). The molecule has 1 saturated heterocycles. The second-order valence-corrected chi connectivity index (χ2v) is 6.61. The van der Waals surface area contributed by atoms with E-state index in [1.165, 1.54) is 6.07 Å². The molecular formula is C21H22FNO4. The van der Waals surface area contributed by atoms with E-state index >= 15 is 0 Å². The number of ether oxygens (including phenoxy) is 3. The Bertz CT molecular complexity index is 798. The Balaban J connectivity index is 1.59. The summed E-state index contributed by atoms with van der Waals surface area (Å²) in [5.74, 6) is 0.0692. The summed E-state index contributed by atoms with van der Waals surface area (Å²) in [6, 6.07) is 13.3. The summed E-state index contributed by atoms with van der Waals surface area (Å²) in [5.41, 5.74) is 0.0956. The lowest BCUT2D eigenvalue weighted by Gasteiger charge is -2.36. The topological polar surface area (TPSA) is 56.8 Å². The normalized spacial score (nSPS) is 22.1. The largest absolute Gasteiger partial charge is 0.490 e. The fourth-order valence-corrected chi connectivity index (χ4v) is 2.66. The highest BCUT2D eigenvalue weighted by Gasteiger charge is 2.40. The van der Waals surface area contributed by atoms with Crippen molar-refractivity contribution in [1.82, 2.24) is 0 Å². The highest BCUT2D eigenvalue weighted by Crippen LogP contribution is 2.33. The van der Waals surface area contributed by atoms with E-state index in [4.69, 9.17) is 14.2 Å². The van der Waals surface area contributed by atoms with Crippen LogP contribution in [-0.4, -0.2) is 25.7 Å². The maximum atomic E-state index is 13.9. The van der Waals surface area contributed by atoms with Crippen molar-refractivity contribution < 1.29 is 23.4 Å². The summed E-state index contributed by atoms with van der Waals surface area (Å²) in [6.07, 6.45) is 0.849. The summed E-state index contributed by atoms with van der Waals surface area (Å²) < 4.78 is 30.5. The predicted octanol–water partition coefficient (Wildman–Crippen LogP) is 4.08. The zero-order valence-corrected chi connectivity index (χ0v) is 15.1. The molecule has 27 heavy (non-hydrogen) atoms. The molecule has 0 aromatic heterocycles. The lowest BCUT2D eigenvalue weighted by atomic mass is 9.90. The number of halogens is 1. The van der Waals surface area contributed by atoms with Gasteiger partial charge in [0, 0.05) is 11.3 Å². The zero-order chi connectivity index (χ0) is 19.3. The molecule has 1 heterocycles. The van der Waals surface area contributed by atoms with Gasteiger partial charge in [0.2, 0.25) is 5.91 Å². The van der Waals surface area contributed by atoms with E-state index in [-0.39, 0.29) is 19.1 Å². The number of carbonyl (C=O) groups is 1. The van der Waals surface area contributed by atoms with E-state index < -0.39 is 17.5 Å². The Morgan fingerprint density at radius 2 is 1.93 bits per heavy atom. The fraction of sp³-hybridized carbons (Fsp3) is 0.286. The van der Waals surface area contributed by atoms with E-state index in [1.54, 1.807) is 55.5 Å². The average Bonchev–Trinajstić information content (AvgIpc) is 2.69. The Hall–Kier alpha value is -2.70. The van der Waals surface area contributed by atoms with Gasteiger partial charge in [0.15, 0.2) is 6.29 Å². The molecule has 1 aliphatic heterocycles. The number of rotatable bonds is 6. The first-order valence-electron chi connectivity index (χ1n) is 8.65. The number of hydrogen-bond donors (Lipinski definition) is 1. The Morgan fingerprint density at radius 3 is 2.56 bits per heavy atom. The number of amides is 1. The van der Waals surface area contributed by atoms with Crippen LogP contribution in [0.5, 0.6) is 5.75 Å². The number of hydrogen-bond acceptors (Lipinski definition) is 4. The Labute approximate surface area is 157 Å². The highest BCUT2D eigenvalue weighted by atomic mass is 19.1. The summed E-state index contributed by atoms with van der Waals surface area (Å²) in [5, 5.41) is 2.85. The summed E-state index contributed by atoms with van der Waals surface area (Å²) in [7, 11) is 0. The first-order chi connectivity index (χ1) is 13.0. The lowest BCUT2D eigenvalue weighted by Crippen LogP contribution is -2.45. The predicted molar refractivity (Wildman–Crippen MR) is 99.9 cm³/mol. The van der Waals surface area contributed by atoms with Crippen LogP contribution in [0.4, 0.5) is 10.1 Å². The second-order valence-electron chi connectivity index (χ2n) is 6.61. The third-order valence-electron chi connectivity index (χ3n) is 4.29. The van der Waals surface area contributed by atoms with Crippen molar-refractivity contribution >= 4 is 11.6 Å². The molecule has 1 amide bonds. The summed E-state index contributed by atoms with van der Waals surface area (Å²) in [6.45, 7) is 6.01. The molecular weight excluding hydrogens is 349 g/mol. The van der Waals surface area contributed by atoms with Gasteiger partial charge in [-0.3, -0.25) is 4.79 Å². The molecule has 0 atom stereocenters. The van der Waals surface area contributed by atoms with Crippen LogP contribution in [0.25, 0.3) is 0 Å². The number of carbonyl (C=O) groups excluding carboxylic acids is 1. The van der Waals surface area contributed by atoms with Crippen molar-refractivity contribution in [3.63, 3.8) is 0 Å². The van der Waals surface area contributed by atoms with Crippen molar-refractivity contribution in [2.24, 2.45) is 5.41 Å². The minimum Gasteiger partial charge on any atom is -0.490 e. The van der Waals surface area contributed by atoms with Crippen molar-refractivity contribution in [2.45, 2.75) is 13.2 Å². The van der Waals surface area contributed by atoms with Gasteiger partial charge in [-0.1, -0.05) is 30.9 Å². The van der Waals surface area contributed by atoms with Crippen LogP contribution in [-0.2, 0) is 14.3 Å². The first kappa shape index (κ1) is 19.1. The molecule has 6 heteroatoms. The third kappa shape index (κ3) is 4.53. The maximum absolute atomic E-state index is 13.9. The minimum absolute atomic E-state index is 0.123. The molecule has 0 aliphatic carbocycles. The van der Waals surface area contributed by atoms with Gasteiger partial charge in [0.05, 0.1) is 18.6 Å². The number of anilines is 1. The van der Waals surface area contributed by atoms with E-state index in [1.807, 2.05) is 0 Å². The quantitative estimate of drug-likeness (QED) is 0.778. The molecule has 142 valence electrons. The van der Waals surface area contributed by atoms with Crippen molar-refractivity contribution in [1.29, 1.82) is 0 Å². The van der Waals surface area contributed by atoms with Gasteiger partial charge in [0.25, 0.3) is 0 Å². The fourth-order valence-electron chi connectivity index (χ4n) is 2.66. The minimum atomic E-state index is -0.875. The van der Waals surface area contributed by atoms with Gasteiger partial charge < -0.3 is 19.5 Å². The molecule has 2 aromatic rings. The van der Waals surface area contributed by atoms with E-state index in [0.717, 1.165) is 0 Å². The number of benzene rings is 2. The molecule has 1 fully saturated rings. The molecule has 0 saturated carbocycles. The van der Waals surface area contributed by atoms with Crippen LogP contribution >= 0.6 is 0 Å². The molecule has 5 nitrogen and oxygen atoms in total. The first-order valence-corrected chi connectivity index (χ1v) is 8.65. The molecule has 1 N–H and O–H groups in total. The van der Waals surface area contributed by atoms with Gasteiger partial charge in [-0.05, 0) is 37.3 Å². The van der Waals surface area contributed by atoms with Gasteiger partial charge in [-0.2, -0.15) is 0 Å². The van der Waals surface area contributed by atoms with E-state index in [0.29, 0.717) is 23.6 Å². The second kappa shape index (κ2) is 8.33. The third-order valence-corrected chi connectivity index (χ3v) is 4.29. The Morgan fingerprint density at radius 1 is 1.26 bits per heavy atom. The average molecular weight is 371 g/mol. The highest BCUT2D eigenvalue weighted by molar-refractivity contribution is 5.95. The monoisotopic (exact) mass is 371 g/mol. The van der Waals surface area contributed by atoms with Crippen molar-refractivity contribution in [3.8, 4) is 5.75 Å². The number of nitrogens with one attached hydrogen (secondary N) is 1.